The van der Waals surface area contributed by atoms with Gasteiger partial charge in [-0.3, -0.25) is 4.79 Å². The minimum atomic E-state index is 0.0821. The Kier molecular flexibility index (Phi) is 5.61. The van der Waals surface area contributed by atoms with Crippen LogP contribution in [0.3, 0.4) is 0 Å². The van der Waals surface area contributed by atoms with Crippen molar-refractivity contribution in [3.63, 3.8) is 0 Å². The Bertz CT molecular complexity index is 610. The van der Waals surface area contributed by atoms with Crippen molar-refractivity contribution in [2.75, 3.05) is 12.3 Å². The maximum Gasteiger partial charge on any atom is 0.255 e. The van der Waals surface area contributed by atoms with Gasteiger partial charge in [0.2, 0.25) is 0 Å². The molecule has 110 valence electrons. The molecule has 0 aliphatic heterocycles. The first-order chi connectivity index (χ1) is 10.1. The van der Waals surface area contributed by atoms with Crippen molar-refractivity contribution >= 4 is 34.2 Å². The van der Waals surface area contributed by atoms with E-state index in [4.69, 9.17) is 5.73 Å². The molecule has 0 saturated carbocycles. The standard InChI is InChI=1S/C17H19IN2O/c1-2-11-20(12-13-7-9-14(19)10-8-13)17(21)15-5-3-4-6-16(15)18/h3-10H,2,11-12,19H2,1H3. The van der Waals surface area contributed by atoms with Crippen molar-refractivity contribution in [3.8, 4) is 0 Å². The van der Waals surface area contributed by atoms with E-state index in [1.54, 1.807) is 0 Å². The summed E-state index contributed by atoms with van der Waals surface area (Å²) < 4.78 is 0.985. The lowest BCUT2D eigenvalue weighted by Gasteiger charge is -2.23. The molecule has 0 unspecified atom stereocenters. The van der Waals surface area contributed by atoms with Crippen LogP contribution in [0.15, 0.2) is 48.5 Å². The van der Waals surface area contributed by atoms with E-state index in [2.05, 4.69) is 29.5 Å². The van der Waals surface area contributed by atoms with E-state index < -0.39 is 0 Å². The maximum absolute atomic E-state index is 12.7. The molecule has 0 radical (unpaired) electrons. The van der Waals surface area contributed by atoms with Gasteiger partial charge in [0, 0.05) is 22.3 Å². The first-order valence-electron chi connectivity index (χ1n) is 7.00. The second-order valence-corrected chi connectivity index (χ2v) is 6.11. The van der Waals surface area contributed by atoms with Crippen LogP contribution >= 0.6 is 22.6 Å². The number of nitrogens with two attached hydrogens (primary N) is 1. The molecule has 2 aromatic rings. The maximum atomic E-state index is 12.7. The molecule has 1 amide bonds. The molecule has 0 aliphatic carbocycles. The largest absolute Gasteiger partial charge is 0.399 e. The van der Waals surface area contributed by atoms with Crippen LogP contribution in [0.5, 0.6) is 0 Å². The lowest BCUT2D eigenvalue weighted by molar-refractivity contribution is 0.0742. The van der Waals surface area contributed by atoms with Gasteiger partial charge in [-0.05, 0) is 58.8 Å². The first kappa shape index (κ1) is 15.8. The molecule has 2 N–H and O–H groups in total. The molecular weight excluding hydrogens is 375 g/mol. The van der Waals surface area contributed by atoms with Gasteiger partial charge in [-0.2, -0.15) is 0 Å². The van der Waals surface area contributed by atoms with Crippen molar-refractivity contribution in [3.05, 3.63) is 63.2 Å². The number of amides is 1. The fraction of sp³-hybridized carbons (Fsp3) is 0.235. The first-order valence-corrected chi connectivity index (χ1v) is 8.08. The minimum Gasteiger partial charge on any atom is -0.399 e. The smallest absolute Gasteiger partial charge is 0.255 e. The van der Waals surface area contributed by atoms with Gasteiger partial charge in [-0.15, -0.1) is 0 Å². The third kappa shape index (κ3) is 4.20. The fourth-order valence-corrected chi connectivity index (χ4v) is 2.79. The number of nitrogens with zero attached hydrogens (tertiary/aromatic N) is 1. The highest BCUT2D eigenvalue weighted by Crippen LogP contribution is 2.17. The molecule has 0 atom stereocenters. The number of carbonyl (C=O) groups excluding carboxylic acids is 1. The van der Waals surface area contributed by atoms with E-state index in [-0.39, 0.29) is 5.91 Å². The number of benzene rings is 2. The van der Waals surface area contributed by atoms with Crippen molar-refractivity contribution < 1.29 is 4.79 Å². The summed E-state index contributed by atoms with van der Waals surface area (Å²) in [7, 11) is 0. The topological polar surface area (TPSA) is 46.3 Å². The molecule has 2 rings (SSSR count). The molecule has 3 nitrogen and oxygen atoms in total. The van der Waals surface area contributed by atoms with Crippen LogP contribution in [-0.2, 0) is 6.54 Å². The molecule has 0 fully saturated rings. The zero-order valence-electron chi connectivity index (χ0n) is 12.1. The van der Waals surface area contributed by atoms with Crippen LogP contribution in [0.1, 0.15) is 29.3 Å². The van der Waals surface area contributed by atoms with Gasteiger partial charge >= 0.3 is 0 Å². The van der Waals surface area contributed by atoms with Crippen molar-refractivity contribution in [2.24, 2.45) is 0 Å². The van der Waals surface area contributed by atoms with Gasteiger partial charge in [-0.25, -0.2) is 0 Å². The Balaban J connectivity index is 2.20. The van der Waals surface area contributed by atoms with Crippen molar-refractivity contribution in [1.82, 2.24) is 4.90 Å². The summed E-state index contributed by atoms with van der Waals surface area (Å²) in [6.07, 6.45) is 0.935. The summed E-state index contributed by atoms with van der Waals surface area (Å²) in [5, 5.41) is 0. The number of anilines is 1. The summed E-state index contributed by atoms with van der Waals surface area (Å²) in [5.41, 5.74) is 8.31. The van der Waals surface area contributed by atoms with Crippen LogP contribution in [-0.4, -0.2) is 17.4 Å². The lowest BCUT2D eigenvalue weighted by atomic mass is 10.1. The average molecular weight is 394 g/mol. The number of rotatable bonds is 5. The van der Waals surface area contributed by atoms with Crippen LogP contribution in [0.4, 0.5) is 5.69 Å². The van der Waals surface area contributed by atoms with Crippen molar-refractivity contribution in [1.29, 1.82) is 0 Å². The van der Waals surface area contributed by atoms with Gasteiger partial charge in [0.05, 0.1) is 5.56 Å². The predicted molar refractivity (Wildman–Crippen MR) is 95.0 cm³/mol. The summed E-state index contributed by atoms with van der Waals surface area (Å²) >= 11 is 2.21. The van der Waals surface area contributed by atoms with Crippen molar-refractivity contribution in [2.45, 2.75) is 19.9 Å². The Morgan fingerprint density at radius 3 is 2.43 bits per heavy atom. The molecule has 0 aromatic heterocycles. The Morgan fingerprint density at radius 1 is 1.14 bits per heavy atom. The van der Waals surface area contributed by atoms with Gasteiger partial charge in [-0.1, -0.05) is 31.2 Å². The van der Waals surface area contributed by atoms with Gasteiger partial charge in [0.15, 0.2) is 0 Å². The monoisotopic (exact) mass is 394 g/mol. The second-order valence-electron chi connectivity index (χ2n) is 4.95. The highest BCUT2D eigenvalue weighted by Gasteiger charge is 2.17. The van der Waals surface area contributed by atoms with Gasteiger partial charge in [0.1, 0.15) is 0 Å². The van der Waals surface area contributed by atoms with E-state index >= 15 is 0 Å². The second kappa shape index (κ2) is 7.45. The quantitative estimate of drug-likeness (QED) is 0.617. The molecule has 2 aromatic carbocycles. The fourth-order valence-electron chi connectivity index (χ4n) is 2.17. The number of carbonyl (C=O) groups is 1. The SMILES string of the molecule is CCCN(Cc1ccc(N)cc1)C(=O)c1ccccc1I. The van der Waals surface area contributed by atoms with Crippen LogP contribution in [0, 0.1) is 3.57 Å². The Labute approximate surface area is 139 Å². The Morgan fingerprint density at radius 2 is 1.81 bits per heavy atom. The summed E-state index contributed by atoms with van der Waals surface area (Å²) in [4.78, 5) is 14.6. The van der Waals surface area contributed by atoms with Crippen LogP contribution < -0.4 is 5.73 Å². The van der Waals surface area contributed by atoms with E-state index in [9.17, 15) is 4.79 Å². The molecular formula is C17H19IN2O. The zero-order valence-corrected chi connectivity index (χ0v) is 14.2. The summed E-state index contributed by atoms with van der Waals surface area (Å²) in [6.45, 7) is 3.44. The van der Waals surface area contributed by atoms with Crippen LogP contribution in [0.25, 0.3) is 0 Å². The van der Waals surface area contributed by atoms with E-state index in [1.165, 1.54) is 0 Å². The molecule has 4 heteroatoms. The van der Waals surface area contributed by atoms with E-state index in [0.29, 0.717) is 6.54 Å². The third-order valence-corrected chi connectivity index (χ3v) is 4.18. The van der Waals surface area contributed by atoms with E-state index in [1.807, 2.05) is 53.4 Å². The van der Waals surface area contributed by atoms with E-state index in [0.717, 1.165) is 33.4 Å². The molecule has 0 aliphatic rings. The molecule has 0 bridgehead atoms. The Hall–Kier alpha value is -1.56. The zero-order chi connectivity index (χ0) is 15.2. The molecule has 21 heavy (non-hydrogen) atoms. The number of hydrogen-bond donors (Lipinski definition) is 1. The summed E-state index contributed by atoms with van der Waals surface area (Å²) in [5.74, 6) is 0.0821. The molecule has 0 heterocycles. The summed E-state index contributed by atoms with van der Waals surface area (Å²) in [6, 6.07) is 15.4. The highest BCUT2D eigenvalue weighted by atomic mass is 127. The third-order valence-electron chi connectivity index (χ3n) is 3.24. The van der Waals surface area contributed by atoms with Gasteiger partial charge < -0.3 is 10.6 Å². The normalized spacial score (nSPS) is 10.4. The number of hydrogen-bond acceptors (Lipinski definition) is 2. The van der Waals surface area contributed by atoms with Crippen LogP contribution in [0.2, 0.25) is 0 Å². The lowest BCUT2D eigenvalue weighted by Crippen LogP contribution is -2.31. The average Bonchev–Trinajstić information content (AvgIpc) is 2.49. The van der Waals surface area contributed by atoms with Gasteiger partial charge in [0.25, 0.3) is 5.91 Å². The molecule has 0 spiro atoms. The highest BCUT2D eigenvalue weighted by molar-refractivity contribution is 14.1. The molecule has 0 saturated heterocycles. The predicted octanol–water partition coefficient (Wildman–Crippen LogP) is 3.93. The number of nitrogen functional groups attached to an aromatic ring is 1. The number of halogens is 1. The minimum absolute atomic E-state index is 0.0821.